The summed E-state index contributed by atoms with van der Waals surface area (Å²) in [7, 11) is 0. The zero-order valence-electron chi connectivity index (χ0n) is 18.0. The topological polar surface area (TPSA) is 76.4 Å². The van der Waals surface area contributed by atoms with E-state index < -0.39 is 0 Å². The molecule has 6 nitrogen and oxygen atoms in total. The van der Waals surface area contributed by atoms with E-state index in [2.05, 4.69) is 15.6 Å². The molecule has 7 heteroatoms. The Morgan fingerprint density at radius 2 is 1.88 bits per heavy atom. The fourth-order valence-electron chi connectivity index (χ4n) is 3.21. The molecule has 0 bridgehead atoms. The predicted molar refractivity (Wildman–Crippen MR) is 130 cm³/mol. The number of rotatable bonds is 5. The van der Waals surface area contributed by atoms with Crippen LogP contribution in [0.4, 0.5) is 5.69 Å². The Labute approximate surface area is 191 Å². The molecule has 0 atom stereocenters. The maximum Gasteiger partial charge on any atom is 0.257 e. The molecule has 0 spiro atoms. The largest absolute Gasteiger partial charge is 0.491 e. The number of anilines is 1. The van der Waals surface area contributed by atoms with Gasteiger partial charge in [-0.1, -0.05) is 18.2 Å². The van der Waals surface area contributed by atoms with Crippen molar-refractivity contribution < 1.29 is 13.9 Å². The minimum Gasteiger partial charge on any atom is -0.491 e. The number of ether oxygens (including phenoxy) is 1. The molecule has 4 aromatic rings. The lowest BCUT2D eigenvalue weighted by Gasteiger charge is -2.12. The number of thiocarbonyl (C=S) groups is 1. The molecule has 1 aromatic heterocycles. The van der Waals surface area contributed by atoms with Crippen LogP contribution in [0.5, 0.6) is 5.75 Å². The lowest BCUT2D eigenvalue weighted by molar-refractivity contribution is 0.0977. The number of nitrogens with zero attached hydrogens (tertiary/aromatic N) is 1. The number of amides is 1. The molecular formula is C25H23N3O3S. The van der Waals surface area contributed by atoms with Crippen molar-refractivity contribution in [2.24, 2.45) is 0 Å². The van der Waals surface area contributed by atoms with Gasteiger partial charge in [-0.15, -0.1) is 0 Å². The molecule has 162 valence electrons. The van der Waals surface area contributed by atoms with E-state index in [0.717, 1.165) is 22.2 Å². The number of carbonyl (C=O) groups is 1. The van der Waals surface area contributed by atoms with Gasteiger partial charge in [-0.05, 0) is 87.1 Å². The predicted octanol–water partition coefficient (Wildman–Crippen LogP) is 5.72. The Bertz CT molecular complexity index is 1300. The van der Waals surface area contributed by atoms with Gasteiger partial charge in [0, 0.05) is 16.8 Å². The summed E-state index contributed by atoms with van der Waals surface area (Å²) in [5, 5.41) is 5.93. The van der Waals surface area contributed by atoms with Crippen molar-refractivity contribution in [3.63, 3.8) is 0 Å². The van der Waals surface area contributed by atoms with Crippen LogP contribution in [0.25, 0.3) is 22.6 Å². The second-order valence-electron chi connectivity index (χ2n) is 7.67. The third-order valence-electron chi connectivity index (χ3n) is 4.61. The number of hydrogen-bond acceptors (Lipinski definition) is 5. The highest BCUT2D eigenvalue weighted by molar-refractivity contribution is 7.80. The summed E-state index contributed by atoms with van der Waals surface area (Å²) in [5.74, 6) is 0.834. The maximum atomic E-state index is 12.6. The molecule has 0 aliphatic rings. The van der Waals surface area contributed by atoms with Crippen LogP contribution in [-0.4, -0.2) is 22.1 Å². The summed E-state index contributed by atoms with van der Waals surface area (Å²) in [6.45, 7) is 5.88. The highest BCUT2D eigenvalue weighted by Gasteiger charge is 2.12. The number of fused-ring (bicyclic) bond motifs is 1. The van der Waals surface area contributed by atoms with Crippen LogP contribution < -0.4 is 15.4 Å². The van der Waals surface area contributed by atoms with Crippen molar-refractivity contribution >= 4 is 40.0 Å². The summed E-state index contributed by atoms with van der Waals surface area (Å²) in [6.07, 6.45) is 0.0219. The number of aryl methyl sites for hydroxylation is 1. The Hall–Kier alpha value is -3.71. The minimum absolute atomic E-state index is 0.0219. The smallest absolute Gasteiger partial charge is 0.257 e. The molecule has 4 rings (SSSR count). The van der Waals surface area contributed by atoms with Crippen molar-refractivity contribution in [2.45, 2.75) is 26.9 Å². The number of hydrogen-bond donors (Lipinski definition) is 2. The van der Waals surface area contributed by atoms with Crippen molar-refractivity contribution in [3.8, 4) is 17.2 Å². The number of oxazole rings is 1. The summed E-state index contributed by atoms with van der Waals surface area (Å²) in [6, 6.07) is 20.4. The van der Waals surface area contributed by atoms with Crippen LogP contribution in [0.3, 0.4) is 0 Å². The van der Waals surface area contributed by atoms with Crippen LogP contribution in [0.1, 0.15) is 29.8 Å². The first-order valence-electron chi connectivity index (χ1n) is 10.2. The lowest BCUT2D eigenvalue weighted by atomic mass is 10.2. The molecule has 0 aliphatic heterocycles. The van der Waals surface area contributed by atoms with Crippen molar-refractivity contribution in [2.75, 3.05) is 5.32 Å². The van der Waals surface area contributed by atoms with Gasteiger partial charge in [-0.3, -0.25) is 10.1 Å². The summed E-state index contributed by atoms with van der Waals surface area (Å²) in [5.41, 5.74) is 4.64. The van der Waals surface area contributed by atoms with Gasteiger partial charge < -0.3 is 14.5 Å². The van der Waals surface area contributed by atoms with Gasteiger partial charge in [0.25, 0.3) is 5.91 Å². The van der Waals surface area contributed by atoms with E-state index in [1.807, 2.05) is 69.3 Å². The summed E-state index contributed by atoms with van der Waals surface area (Å²) < 4.78 is 11.5. The Morgan fingerprint density at radius 3 is 2.69 bits per heavy atom. The first kappa shape index (κ1) is 21.5. The number of nitrogens with one attached hydrogen (secondary N) is 2. The zero-order chi connectivity index (χ0) is 22.7. The van der Waals surface area contributed by atoms with Gasteiger partial charge in [0.2, 0.25) is 5.89 Å². The van der Waals surface area contributed by atoms with Gasteiger partial charge in [0.1, 0.15) is 11.3 Å². The second kappa shape index (κ2) is 9.20. The SMILES string of the molecule is Cc1ccc2oc(-c3cccc(NC(=S)NC(=O)c4cccc(OC(C)C)c4)c3)nc2c1. The molecule has 0 fully saturated rings. The molecule has 32 heavy (non-hydrogen) atoms. The quantitative estimate of drug-likeness (QED) is 0.383. The minimum atomic E-state index is -0.317. The van der Waals surface area contributed by atoms with Crippen LogP contribution in [0, 0.1) is 6.92 Å². The molecular weight excluding hydrogens is 422 g/mol. The standard InChI is InChI=1S/C25H23N3O3S/c1-15(2)30-20-9-5-6-17(14-20)23(29)28-25(32)26-19-8-4-7-18(13-19)24-27-21-12-16(3)10-11-22(21)31-24/h4-15H,1-3H3,(H2,26,28,29,32). The highest BCUT2D eigenvalue weighted by Crippen LogP contribution is 2.26. The third-order valence-corrected chi connectivity index (χ3v) is 4.81. The Balaban J connectivity index is 1.45. The van der Waals surface area contributed by atoms with Gasteiger partial charge in [0.05, 0.1) is 6.10 Å². The van der Waals surface area contributed by atoms with E-state index in [1.54, 1.807) is 18.2 Å². The molecule has 1 heterocycles. The van der Waals surface area contributed by atoms with Gasteiger partial charge in [-0.25, -0.2) is 4.98 Å². The second-order valence-corrected chi connectivity index (χ2v) is 8.08. The highest BCUT2D eigenvalue weighted by atomic mass is 32.1. The van der Waals surface area contributed by atoms with Gasteiger partial charge in [-0.2, -0.15) is 0 Å². The number of benzene rings is 3. The average molecular weight is 446 g/mol. The third kappa shape index (κ3) is 5.12. The van der Waals surface area contributed by atoms with Crippen molar-refractivity contribution in [3.05, 3.63) is 77.9 Å². The molecule has 0 saturated carbocycles. The lowest BCUT2D eigenvalue weighted by Crippen LogP contribution is -2.34. The van der Waals surface area contributed by atoms with Crippen LogP contribution in [-0.2, 0) is 0 Å². The van der Waals surface area contributed by atoms with E-state index in [-0.39, 0.29) is 17.1 Å². The van der Waals surface area contributed by atoms with E-state index in [0.29, 0.717) is 22.9 Å². The van der Waals surface area contributed by atoms with Gasteiger partial charge in [0.15, 0.2) is 10.7 Å². The first-order chi connectivity index (χ1) is 15.4. The van der Waals surface area contributed by atoms with Crippen LogP contribution >= 0.6 is 12.2 Å². The normalized spacial score (nSPS) is 10.9. The Morgan fingerprint density at radius 1 is 1.06 bits per heavy atom. The molecule has 2 N–H and O–H groups in total. The van der Waals surface area contributed by atoms with E-state index >= 15 is 0 Å². The molecule has 0 aliphatic carbocycles. The fraction of sp³-hybridized carbons (Fsp3) is 0.160. The number of carbonyl (C=O) groups excluding carboxylic acids is 1. The Kier molecular flexibility index (Phi) is 6.18. The first-order valence-corrected chi connectivity index (χ1v) is 10.6. The summed E-state index contributed by atoms with van der Waals surface area (Å²) in [4.78, 5) is 17.2. The van der Waals surface area contributed by atoms with E-state index in [1.165, 1.54) is 0 Å². The molecule has 0 saturated heterocycles. The monoisotopic (exact) mass is 445 g/mol. The van der Waals surface area contributed by atoms with Gasteiger partial charge >= 0.3 is 0 Å². The number of aromatic nitrogens is 1. The average Bonchev–Trinajstić information content (AvgIpc) is 3.17. The fourth-order valence-corrected chi connectivity index (χ4v) is 3.42. The molecule has 0 unspecified atom stereocenters. The van der Waals surface area contributed by atoms with E-state index in [9.17, 15) is 4.79 Å². The molecule has 3 aromatic carbocycles. The van der Waals surface area contributed by atoms with E-state index in [4.69, 9.17) is 21.4 Å². The van der Waals surface area contributed by atoms with Crippen molar-refractivity contribution in [1.82, 2.24) is 10.3 Å². The molecule has 1 amide bonds. The van der Waals surface area contributed by atoms with Crippen LogP contribution in [0.15, 0.2) is 71.1 Å². The summed E-state index contributed by atoms with van der Waals surface area (Å²) >= 11 is 5.33. The maximum absolute atomic E-state index is 12.6. The molecule has 0 radical (unpaired) electrons. The zero-order valence-corrected chi connectivity index (χ0v) is 18.8. The van der Waals surface area contributed by atoms with Crippen LogP contribution in [0.2, 0.25) is 0 Å². The van der Waals surface area contributed by atoms with Crippen molar-refractivity contribution in [1.29, 1.82) is 0 Å².